The number of guanidine groups is 1. The van der Waals surface area contributed by atoms with Crippen molar-refractivity contribution in [3.05, 3.63) is 64.2 Å². The number of carbonyl (C=O) groups is 3. The summed E-state index contributed by atoms with van der Waals surface area (Å²) in [5.74, 6) is -4.86. The molecule has 2 N–H and O–H groups in total. The molecule has 2 aliphatic rings. The van der Waals surface area contributed by atoms with Gasteiger partial charge in [0, 0.05) is 29.5 Å². The molecular weight excluding hydrogens is 580 g/mol. The standard InChI is InChI=1S/C31H34ClF2N5O4/c1-18-14-21(12-13-31(18,33)34)39-24(40)16-30(5,38-27(39)37-28(42)43-29(2,3)4)22-10-7-11-23(25(22)32)36-26(41)20-9-6-8-19(15-20)17-35/h6-11,15,18,21H,12-14,16H2,1-5H3,(H,36,41)(H,37,38,42)/t18-,21-,30-/m0/s1. The van der Waals surface area contributed by atoms with E-state index in [2.05, 4.69) is 10.6 Å². The average molecular weight is 614 g/mol. The van der Waals surface area contributed by atoms with Crippen LogP contribution in [0.3, 0.4) is 0 Å². The Balaban J connectivity index is 1.70. The van der Waals surface area contributed by atoms with Gasteiger partial charge in [0.05, 0.1) is 34.3 Å². The van der Waals surface area contributed by atoms with Crippen molar-refractivity contribution in [1.29, 1.82) is 5.26 Å². The number of anilines is 1. The molecule has 0 unspecified atom stereocenters. The van der Waals surface area contributed by atoms with Crippen molar-refractivity contribution < 1.29 is 27.9 Å². The van der Waals surface area contributed by atoms with Crippen molar-refractivity contribution in [3.63, 3.8) is 0 Å². The first-order chi connectivity index (χ1) is 20.0. The van der Waals surface area contributed by atoms with Crippen LogP contribution in [0.4, 0.5) is 19.3 Å². The van der Waals surface area contributed by atoms with Gasteiger partial charge in [0.1, 0.15) is 5.60 Å². The van der Waals surface area contributed by atoms with Crippen molar-refractivity contribution in [1.82, 2.24) is 10.2 Å². The summed E-state index contributed by atoms with van der Waals surface area (Å²) in [6.45, 7) is 8.16. The Morgan fingerprint density at radius 3 is 2.53 bits per heavy atom. The Labute approximate surface area is 254 Å². The molecule has 1 heterocycles. The summed E-state index contributed by atoms with van der Waals surface area (Å²) < 4.78 is 34.0. The molecule has 0 radical (unpaired) electrons. The summed E-state index contributed by atoms with van der Waals surface area (Å²) in [4.78, 5) is 45.6. The Hall–Kier alpha value is -4.04. The number of carbonyl (C=O) groups excluding carboxylic acids is 3. The summed E-state index contributed by atoms with van der Waals surface area (Å²) in [5, 5.41) is 14.6. The van der Waals surface area contributed by atoms with Crippen LogP contribution in [0.15, 0.2) is 47.5 Å². The van der Waals surface area contributed by atoms with E-state index in [9.17, 15) is 23.2 Å². The maximum absolute atomic E-state index is 14.3. The van der Waals surface area contributed by atoms with Crippen molar-refractivity contribution in [2.45, 2.75) is 83.4 Å². The number of aliphatic imine (C=N–C) groups is 1. The predicted molar refractivity (Wildman–Crippen MR) is 158 cm³/mol. The largest absolute Gasteiger partial charge is 0.444 e. The zero-order chi connectivity index (χ0) is 31.7. The highest BCUT2D eigenvalue weighted by molar-refractivity contribution is 6.35. The molecule has 2 aromatic carbocycles. The number of alkyl carbamates (subject to hydrolysis) is 1. The quantitative estimate of drug-likeness (QED) is 0.401. The van der Waals surface area contributed by atoms with E-state index in [1.165, 1.54) is 17.9 Å². The van der Waals surface area contributed by atoms with Gasteiger partial charge in [-0.2, -0.15) is 5.26 Å². The fraction of sp³-hybridized carbons (Fsp3) is 0.452. The highest BCUT2D eigenvalue weighted by Gasteiger charge is 2.48. The van der Waals surface area contributed by atoms with E-state index in [0.29, 0.717) is 11.1 Å². The first-order valence-electron chi connectivity index (χ1n) is 13.9. The van der Waals surface area contributed by atoms with Gasteiger partial charge in [0.2, 0.25) is 11.9 Å². The first kappa shape index (κ1) is 31.9. The highest BCUT2D eigenvalue weighted by atomic mass is 35.5. The molecule has 228 valence electrons. The maximum atomic E-state index is 14.3. The lowest BCUT2D eigenvalue weighted by Crippen LogP contribution is -2.59. The third-order valence-electron chi connectivity index (χ3n) is 7.56. The molecule has 12 heteroatoms. The number of benzene rings is 2. The topological polar surface area (TPSA) is 124 Å². The molecule has 4 rings (SSSR count). The van der Waals surface area contributed by atoms with Gasteiger partial charge in [0.25, 0.3) is 11.8 Å². The summed E-state index contributed by atoms with van der Waals surface area (Å²) in [5.41, 5.74) is -0.909. The molecule has 2 aromatic rings. The molecule has 0 aromatic heterocycles. The number of ether oxygens (including phenoxy) is 1. The first-order valence-corrected chi connectivity index (χ1v) is 14.3. The number of hydrogen-bond donors (Lipinski definition) is 2. The number of halogens is 3. The number of rotatable bonds is 4. The number of nitrogens with zero attached hydrogens (tertiary/aromatic N) is 3. The lowest BCUT2D eigenvalue weighted by Gasteiger charge is -2.44. The zero-order valence-electron chi connectivity index (χ0n) is 24.6. The normalized spacial score (nSPS) is 23.6. The second kappa shape index (κ2) is 11.9. The predicted octanol–water partition coefficient (Wildman–Crippen LogP) is 6.62. The van der Waals surface area contributed by atoms with E-state index < -0.39 is 53.4 Å². The van der Waals surface area contributed by atoms with Gasteiger partial charge < -0.3 is 10.1 Å². The van der Waals surface area contributed by atoms with Crippen molar-refractivity contribution >= 4 is 41.2 Å². The monoisotopic (exact) mass is 613 g/mol. The Morgan fingerprint density at radius 1 is 1.19 bits per heavy atom. The van der Waals surface area contributed by atoms with Crippen LogP contribution in [0.2, 0.25) is 5.02 Å². The lowest BCUT2D eigenvalue weighted by atomic mass is 9.81. The molecule has 0 saturated heterocycles. The molecular formula is C31H34ClF2N5O4. The molecule has 1 saturated carbocycles. The van der Waals surface area contributed by atoms with Gasteiger partial charge >= 0.3 is 6.09 Å². The van der Waals surface area contributed by atoms with Crippen LogP contribution in [0.5, 0.6) is 0 Å². The second-order valence-corrected chi connectivity index (χ2v) is 12.6. The van der Waals surface area contributed by atoms with Crippen LogP contribution in [0.25, 0.3) is 0 Å². The third kappa shape index (κ3) is 7.13. The lowest BCUT2D eigenvalue weighted by molar-refractivity contribution is -0.136. The van der Waals surface area contributed by atoms with Gasteiger partial charge in [-0.25, -0.2) is 18.6 Å². The minimum atomic E-state index is -2.85. The summed E-state index contributed by atoms with van der Waals surface area (Å²) >= 11 is 6.79. The van der Waals surface area contributed by atoms with E-state index in [1.807, 2.05) is 6.07 Å². The number of amides is 3. The molecule has 9 nitrogen and oxygen atoms in total. The fourth-order valence-electron chi connectivity index (χ4n) is 5.35. The van der Waals surface area contributed by atoms with E-state index >= 15 is 0 Å². The Bertz CT molecular complexity index is 1520. The third-order valence-corrected chi connectivity index (χ3v) is 7.97. The minimum Gasteiger partial charge on any atom is -0.444 e. The molecule has 1 aliphatic carbocycles. The molecule has 0 spiro atoms. The van der Waals surface area contributed by atoms with Crippen LogP contribution in [-0.4, -0.2) is 46.3 Å². The minimum absolute atomic E-state index is 0.0275. The molecule has 43 heavy (non-hydrogen) atoms. The molecule has 1 aliphatic heterocycles. The summed E-state index contributed by atoms with van der Waals surface area (Å²) in [6.07, 6.45) is -1.36. The maximum Gasteiger partial charge on any atom is 0.414 e. The van der Waals surface area contributed by atoms with Crippen LogP contribution >= 0.6 is 11.6 Å². The zero-order valence-corrected chi connectivity index (χ0v) is 25.4. The number of nitrogens with one attached hydrogen (secondary N) is 2. The van der Waals surface area contributed by atoms with Crippen molar-refractivity contribution in [2.24, 2.45) is 10.9 Å². The average Bonchev–Trinajstić information content (AvgIpc) is 2.90. The van der Waals surface area contributed by atoms with Gasteiger partial charge in [0.15, 0.2) is 0 Å². The smallest absolute Gasteiger partial charge is 0.414 e. The Kier molecular flexibility index (Phi) is 8.84. The van der Waals surface area contributed by atoms with Crippen molar-refractivity contribution in [3.8, 4) is 6.07 Å². The Morgan fingerprint density at radius 2 is 1.88 bits per heavy atom. The van der Waals surface area contributed by atoms with Gasteiger partial charge in [-0.3, -0.25) is 19.8 Å². The SMILES string of the molecule is C[C@H]1C[C@@H](N2C(=O)C[C@@](C)(c3cccc(NC(=O)c4cccc(C#N)c4)c3Cl)N=C2NC(=O)OC(C)(C)C)CCC1(F)F. The highest BCUT2D eigenvalue weighted by Crippen LogP contribution is 2.44. The molecule has 1 fully saturated rings. The van der Waals surface area contributed by atoms with Crippen LogP contribution in [0, 0.1) is 17.2 Å². The fourth-order valence-corrected chi connectivity index (χ4v) is 5.72. The van der Waals surface area contributed by atoms with E-state index in [0.717, 1.165) is 0 Å². The van der Waals surface area contributed by atoms with Crippen LogP contribution in [-0.2, 0) is 15.1 Å². The van der Waals surface area contributed by atoms with Gasteiger partial charge in [-0.15, -0.1) is 0 Å². The molecule has 3 atom stereocenters. The number of alkyl halides is 2. The van der Waals surface area contributed by atoms with E-state index in [4.69, 9.17) is 26.6 Å². The molecule has 0 bridgehead atoms. The molecule has 3 amide bonds. The summed E-state index contributed by atoms with van der Waals surface area (Å²) in [6, 6.07) is 12.5. The van der Waals surface area contributed by atoms with E-state index in [1.54, 1.807) is 64.1 Å². The number of hydrogen-bond acceptors (Lipinski definition) is 6. The van der Waals surface area contributed by atoms with Gasteiger partial charge in [-0.05, 0) is 64.8 Å². The van der Waals surface area contributed by atoms with Crippen molar-refractivity contribution in [2.75, 3.05) is 5.32 Å². The summed E-state index contributed by atoms with van der Waals surface area (Å²) in [7, 11) is 0. The van der Waals surface area contributed by atoms with Crippen LogP contribution in [0.1, 0.15) is 81.8 Å². The number of nitriles is 1. The van der Waals surface area contributed by atoms with Crippen LogP contribution < -0.4 is 10.6 Å². The van der Waals surface area contributed by atoms with E-state index in [-0.39, 0.29) is 41.5 Å². The van der Waals surface area contributed by atoms with Gasteiger partial charge in [-0.1, -0.05) is 36.7 Å². The second-order valence-electron chi connectivity index (χ2n) is 12.2.